The number of likely N-dealkylation sites (tertiary alicyclic amines) is 1. The molecule has 0 unspecified atom stereocenters. The van der Waals surface area contributed by atoms with Gasteiger partial charge in [-0.1, -0.05) is 12.5 Å². The van der Waals surface area contributed by atoms with Gasteiger partial charge in [0, 0.05) is 26.1 Å². The summed E-state index contributed by atoms with van der Waals surface area (Å²) in [6.45, 7) is 3.76. The molecule has 38 heavy (non-hydrogen) atoms. The summed E-state index contributed by atoms with van der Waals surface area (Å²) in [5.41, 5.74) is 6.40. The van der Waals surface area contributed by atoms with Crippen molar-refractivity contribution in [1.29, 1.82) is 0 Å². The molecule has 0 radical (unpaired) electrons. The number of rotatable bonds is 6. The zero-order chi connectivity index (χ0) is 27.1. The summed E-state index contributed by atoms with van der Waals surface area (Å²) in [4.78, 5) is 30.5. The number of nitrogens with one attached hydrogen (secondary N) is 1. The normalized spacial score (nSPS) is 17.9. The molecular formula is C26H25F2N7O3. The predicted octanol–water partition coefficient (Wildman–Crippen LogP) is 2.83. The number of nitrogens with zero attached hydrogens (tertiary/aromatic N) is 5. The number of aromatic nitrogens is 4. The number of amides is 2. The number of imidazole rings is 1. The van der Waals surface area contributed by atoms with Crippen LogP contribution in [-0.2, 0) is 9.53 Å². The van der Waals surface area contributed by atoms with E-state index in [0.717, 1.165) is 12.8 Å². The lowest BCUT2D eigenvalue weighted by Gasteiger charge is -2.16. The van der Waals surface area contributed by atoms with E-state index in [1.807, 2.05) is 0 Å². The van der Waals surface area contributed by atoms with Crippen molar-refractivity contribution < 1.29 is 23.1 Å². The number of allylic oxidation sites excluding steroid dienone is 1. The monoisotopic (exact) mass is 521 g/mol. The van der Waals surface area contributed by atoms with Crippen LogP contribution in [0.3, 0.4) is 0 Å². The van der Waals surface area contributed by atoms with E-state index in [-0.39, 0.29) is 52.2 Å². The van der Waals surface area contributed by atoms with Crippen molar-refractivity contribution in [2.75, 3.05) is 26.0 Å². The lowest BCUT2D eigenvalue weighted by molar-refractivity contribution is -0.123. The van der Waals surface area contributed by atoms with E-state index in [0.29, 0.717) is 12.1 Å². The third kappa shape index (κ3) is 4.15. The van der Waals surface area contributed by atoms with Gasteiger partial charge in [-0.3, -0.25) is 9.59 Å². The summed E-state index contributed by atoms with van der Waals surface area (Å²) >= 11 is 0. The van der Waals surface area contributed by atoms with Gasteiger partial charge in [0.25, 0.3) is 5.91 Å². The molecule has 1 saturated carbocycles. The van der Waals surface area contributed by atoms with Gasteiger partial charge >= 0.3 is 0 Å². The molecule has 2 fully saturated rings. The first-order valence-electron chi connectivity index (χ1n) is 11.9. The first-order chi connectivity index (χ1) is 18.3. The largest absolute Gasteiger partial charge is 0.503 e. The van der Waals surface area contributed by atoms with Crippen LogP contribution < -0.4 is 11.1 Å². The molecule has 3 N–H and O–H groups in total. The highest BCUT2D eigenvalue weighted by atomic mass is 19.2. The minimum Gasteiger partial charge on any atom is -0.503 e. The molecule has 2 aromatic heterocycles. The van der Waals surface area contributed by atoms with Gasteiger partial charge < -0.3 is 25.3 Å². The fourth-order valence-corrected chi connectivity index (χ4v) is 4.73. The van der Waals surface area contributed by atoms with Crippen LogP contribution in [0, 0.1) is 23.5 Å². The van der Waals surface area contributed by atoms with Gasteiger partial charge in [-0.15, -0.1) is 0 Å². The first kappa shape index (κ1) is 25.0. The number of primary amides is 1. The summed E-state index contributed by atoms with van der Waals surface area (Å²) < 4.78 is 38.2. The van der Waals surface area contributed by atoms with Gasteiger partial charge in [0.05, 0.1) is 36.3 Å². The van der Waals surface area contributed by atoms with Crippen molar-refractivity contribution >= 4 is 28.7 Å². The molecule has 10 nitrogen and oxygen atoms in total. The molecule has 2 amide bonds. The summed E-state index contributed by atoms with van der Waals surface area (Å²) in [6.07, 6.45) is 6.29. The van der Waals surface area contributed by atoms with E-state index >= 15 is 0 Å². The van der Waals surface area contributed by atoms with Crippen LogP contribution in [0.5, 0.6) is 0 Å². The van der Waals surface area contributed by atoms with E-state index in [2.05, 4.69) is 33.8 Å². The van der Waals surface area contributed by atoms with Crippen LogP contribution in [0.2, 0.25) is 0 Å². The molecule has 1 saturated heterocycles. The highest BCUT2D eigenvalue weighted by Gasteiger charge is 2.35. The van der Waals surface area contributed by atoms with E-state index in [1.165, 1.54) is 41.4 Å². The summed E-state index contributed by atoms with van der Waals surface area (Å²) in [6, 6.07) is 1.10. The van der Waals surface area contributed by atoms with Crippen LogP contribution in [-0.4, -0.2) is 56.7 Å². The highest BCUT2D eigenvalue weighted by molar-refractivity contribution is 6.00. The highest BCUT2D eigenvalue weighted by Crippen LogP contribution is 2.38. The topological polar surface area (TPSA) is 120 Å². The Bertz CT molecular complexity index is 1570. The smallest absolute Gasteiger partial charge is 0.255 e. The van der Waals surface area contributed by atoms with Crippen molar-refractivity contribution in [1.82, 2.24) is 24.2 Å². The van der Waals surface area contributed by atoms with Crippen molar-refractivity contribution in [2.45, 2.75) is 31.3 Å². The molecule has 5 rings (SSSR count). The molecule has 0 bridgehead atoms. The quantitative estimate of drug-likeness (QED) is 0.292. The minimum atomic E-state index is -1.11. The Hall–Kier alpha value is -4.66. The molecular weight excluding hydrogens is 496 g/mol. The second kappa shape index (κ2) is 9.66. The summed E-state index contributed by atoms with van der Waals surface area (Å²) in [7, 11) is 3.06. The van der Waals surface area contributed by atoms with E-state index < -0.39 is 23.6 Å². The number of halogens is 2. The van der Waals surface area contributed by atoms with Crippen molar-refractivity contribution in [3.8, 4) is 11.8 Å². The van der Waals surface area contributed by atoms with Gasteiger partial charge in [-0.25, -0.2) is 18.4 Å². The third-order valence-electron chi connectivity index (χ3n) is 6.61. The number of carbonyl (C=O) groups excluding carboxylic acids is 2. The number of fused-ring (bicyclic) bond motifs is 1. The second-order valence-corrected chi connectivity index (χ2v) is 9.04. The Labute approximate surface area is 216 Å². The Morgan fingerprint density at radius 3 is 2.66 bits per heavy atom. The Morgan fingerprint density at radius 2 is 2.03 bits per heavy atom. The fraction of sp³-hybridized carbons (Fsp3) is 0.308. The fourth-order valence-electron chi connectivity index (χ4n) is 4.73. The number of benzene rings is 1. The molecule has 3 aromatic rings. The van der Waals surface area contributed by atoms with E-state index in [4.69, 9.17) is 10.5 Å². The zero-order valence-electron chi connectivity index (χ0n) is 20.8. The number of carbonyl (C=O) groups is 2. The molecule has 3 heterocycles. The standard InChI is InChI=1S/C26H25F2N7O3/c1-4-20(36)33-11-16(10-17(33)12-38-3)35-26(30-2)21(25(29)37)18(32-35)8-5-14-9-19-24(23(28)22(14)27)34(13-31-19)15-6-7-15/h4,9,12-13,15-16,30H,1,6-7,10-11H2,2-3H3,(H2,29,37)/b17-12+/t16-/m0/s1. The maximum absolute atomic E-state index is 15.0. The average Bonchev–Trinajstić information content (AvgIpc) is 3.34. The summed E-state index contributed by atoms with van der Waals surface area (Å²) in [5, 5.41) is 7.40. The third-order valence-corrected chi connectivity index (χ3v) is 6.61. The molecule has 196 valence electrons. The molecule has 1 aliphatic heterocycles. The van der Waals surface area contributed by atoms with Crippen LogP contribution in [0.25, 0.3) is 11.0 Å². The Morgan fingerprint density at radius 1 is 1.26 bits per heavy atom. The average molecular weight is 522 g/mol. The lowest BCUT2D eigenvalue weighted by Crippen LogP contribution is -2.27. The van der Waals surface area contributed by atoms with Crippen LogP contribution in [0.15, 0.2) is 37.0 Å². The summed E-state index contributed by atoms with van der Waals surface area (Å²) in [5.74, 6) is 2.31. The Kier molecular flexibility index (Phi) is 6.36. The van der Waals surface area contributed by atoms with Crippen LogP contribution in [0.4, 0.5) is 14.6 Å². The molecule has 0 spiro atoms. The maximum Gasteiger partial charge on any atom is 0.255 e. The zero-order valence-corrected chi connectivity index (χ0v) is 20.8. The molecule has 2 aliphatic rings. The first-order valence-corrected chi connectivity index (χ1v) is 11.9. The van der Waals surface area contributed by atoms with Gasteiger partial charge in [-0.05, 0) is 30.9 Å². The van der Waals surface area contributed by atoms with Gasteiger partial charge in [0.2, 0.25) is 5.91 Å². The number of nitrogens with two attached hydrogens (primary N) is 1. The number of methoxy groups -OCH3 is 1. The van der Waals surface area contributed by atoms with Gasteiger partial charge in [-0.2, -0.15) is 5.10 Å². The number of anilines is 1. The van der Waals surface area contributed by atoms with E-state index in [9.17, 15) is 18.4 Å². The maximum atomic E-state index is 15.0. The van der Waals surface area contributed by atoms with E-state index in [1.54, 1.807) is 11.6 Å². The van der Waals surface area contributed by atoms with Crippen LogP contribution >= 0.6 is 0 Å². The minimum absolute atomic E-state index is 0.00858. The molecule has 12 heteroatoms. The molecule has 1 aromatic carbocycles. The molecule has 1 atom stereocenters. The van der Waals surface area contributed by atoms with Crippen molar-refractivity contribution in [3.05, 3.63) is 65.5 Å². The second-order valence-electron chi connectivity index (χ2n) is 9.04. The van der Waals surface area contributed by atoms with Crippen LogP contribution in [0.1, 0.15) is 53.0 Å². The number of hydrogen-bond acceptors (Lipinski definition) is 6. The molecule has 1 aliphatic carbocycles. The SMILES string of the molecule is C=CC(=O)N1C[C@@H](n2nc(C#Cc3cc4ncn(C5CC5)c4c(F)c3F)c(C(N)=O)c2NC)C/C1=C\OC. The number of ether oxygens (including phenoxy) is 1. The van der Waals surface area contributed by atoms with Gasteiger partial charge in [0.15, 0.2) is 17.3 Å². The lowest BCUT2D eigenvalue weighted by atomic mass is 10.1. The number of hydrogen-bond donors (Lipinski definition) is 2. The van der Waals surface area contributed by atoms with Gasteiger partial charge in [0.1, 0.15) is 23.2 Å². The predicted molar refractivity (Wildman–Crippen MR) is 135 cm³/mol. The Balaban J connectivity index is 1.56. The van der Waals surface area contributed by atoms with Crippen molar-refractivity contribution in [2.24, 2.45) is 5.73 Å². The van der Waals surface area contributed by atoms with Crippen molar-refractivity contribution in [3.63, 3.8) is 0 Å².